The summed E-state index contributed by atoms with van der Waals surface area (Å²) >= 11 is 0. The van der Waals surface area contributed by atoms with Gasteiger partial charge in [0.2, 0.25) is 15.9 Å². The summed E-state index contributed by atoms with van der Waals surface area (Å²) in [7, 11) is -3.27. The quantitative estimate of drug-likeness (QED) is 0.909. The molecule has 5 nitrogen and oxygen atoms in total. The van der Waals surface area contributed by atoms with Crippen molar-refractivity contribution in [2.24, 2.45) is 0 Å². The predicted octanol–water partition coefficient (Wildman–Crippen LogP) is 2.86. The summed E-state index contributed by atoms with van der Waals surface area (Å²) in [6.07, 6.45) is 0.717. The van der Waals surface area contributed by atoms with Crippen molar-refractivity contribution in [3.05, 3.63) is 59.4 Å². The van der Waals surface area contributed by atoms with E-state index in [1.807, 2.05) is 6.92 Å². The second-order valence-electron chi connectivity index (χ2n) is 6.09. The fourth-order valence-corrected chi connectivity index (χ4v) is 4.37. The molecule has 1 aliphatic rings. The van der Waals surface area contributed by atoms with E-state index < -0.39 is 10.0 Å². The van der Waals surface area contributed by atoms with E-state index in [2.05, 4.69) is 5.32 Å². The van der Waals surface area contributed by atoms with Crippen LogP contribution in [0.2, 0.25) is 0 Å². The minimum absolute atomic E-state index is 0.117. The van der Waals surface area contributed by atoms with Gasteiger partial charge < -0.3 is 5.32 Å². The fraction of sp³-hybridized carbons (Fsp3) is 0.278. The highest BCUT2D eigenvalue weighted by Crippen LogP contribution is 2.28. The van der Waals surface area contributed by atoms with Crippen molar-refractivity contribution in [3.8, 4) is 0 Å². The highest BCUT2D eigenvalue weighted by Gasteiger charge is 2.28. The van der Waals surface area contributed by atoms with Crippen molar-refractivity contribution in [3.63, 3.8) is 0 Å². The van der Waals surface area contributed by atoms with Crippen molar-refractivity contribution in [2.75, 3.05) is 21.9 Å². The summed E-state index contributed by atoms with van der Waals surface area (Å²) in [5, 5.41) is 2.81. The van der Waals surface area contributed by atoms with Gasteiger partial charge in [0.05, 0.1) is 17.9 Å². The van der Waals surface area contributed by atoms with Gasteiger partial charge >= 0.3 is 0 Å². The summed E-state index contributed by atoms with van der Waals surface area (Å²) in [6.45, 7) is 2.30. The second kappa shape index (κ2) is 6.84. The standard InChI is InChI=1S/C18H19FN2O3S/c1-13-3-8-16(21-9-2-10-25(21,23)24)12-17(13)20-18(22)11-14-4-6-15(19)7-5-14/h3-8,12H,2,9-11H2,1H3,(H,20,22). The number of nitrogens with zero attached hydrogens (tertiary/aromatic N) is 1. The first-order chi connectivity index (χ1) is 11.8. The summed E-state index contributed by atoms with van der Waals surface area (Å²) in [4.78, 5) is 12.2. The molecule has 0 atom stereocenters. The molecule has 3 rings (SSSR count). The number of hydrogen-bond donors (Lipinski definition) is 1. The van der Waals surface area contributed by atoms with E-state index in [1.54, 1.807) is 30.3 Å². The third-order valence-corrected chi connectivity index (χ3v) is 6.03. The Morgan fingerprint density at radius 2 is 1.92 bits per heavy atom. The van der Waals surface area contributed by atoms with Gasteiger partial charge in [0.25, 0.3) is 0 Å². The first-order valence-electron chi connectivity index (χ1n) is 8.00. The maximum absolute atomic E-state index is 12.9. The van der Waals surface area contributed by atoms with Gasteiger partial charge in [0.15, 0.2) is 0 Å². The van der Waals surface area contributed by atoms with E-state index in [0.29, 0.717) is 29.9 Å². The fourth-order valence-electron chi connectivity index (χ4n) is 2.81. The van der Waals surface area contributed by atoms with Crippen LogP contribution in [0.25, 0.3) is 0 Å². The Morgan fingerprint density at radius 1 is 1.20 bits per heavy atom. The molecular formula is C18H19FN2O3S. The minimum Gasteiger partial charge on any atom is -0.325 e. The molecule has 0 saturated carbocycles. The van der Waals surface area contributed by atoms with Gasteiger partial charge in [0.1, 0.15) is 5.82 Å². The van der Waals surface area contributed by atoms with Gasteiger partial charge in [-0.1, -0.05) is 18.2 Å². The number of anilines is 2. The number of halogens is 1. The first kappa shape index (κ1) is 17.4. The zero-order valence-electron chi connectivity index (χ0n) is 13.8. The lowest BCUT2D eigenvalue weighted by Gasteiger charge is -2.19. The number of rotatable bonds is 4. The third kappa shape index (κ3) is 3.99. The molecule has 25 heavy (non-hydrogen) atoms. The third-order valence-electron chi connectivity index (χ3n) is 4.16. The normalized spacial score (nSPS) is 16.0. The van der Waals surface area contributed by atoms with Crippen molar-refractivity contribution in [2.45, 2.75) is 19.8 Å². The Hall–Kier alpha value is -2.41. The lowest BCUT2D eigenvalue weighted by molar-refractivity contribution is -0.115. The largest absolute Gasteiger partial charge is 0.325 e. The van der Waals surface area contributed by atoms with Crippen LogP contribution in [0, 0.1) is 12.7 Å². The van der Waals surface area contributed by atoms with Crippen LogP contribution in [0.1, 0.15) is 17.5 Å². The van der Waals surface area contributed by atoms with Crippen LogP contribution in [0.4, 0.5) is 15.8 Å². The summed E-state index contributed by atoms with van der Waals surface area (Å²) in [5.74, 6) is -0.441. The Morgan fingerprint density at radius 3 is 2.56 bits per heavy atom. The van der Waals surface area contributed by atoms with Crippen LogP contribution in [0.5, 0.6) is 0 Å². The number of sulfonamides is 1. The number of hydrogen-bond acceptors (Lipinski definition) is 3. The van der Waals surface area contributed by atoms with Crippen LogP contribution >= 0.6 is 0 Å². The van der Waals surface area contributed by atoms with Crippen LogP contribution in [0.15, 0.2) is 42.5 Å². The average Bonchev–Trinajstić information content (AvgIpc) is 2.91. The number of aryl methyl sites for hydroxylation is 1. The molecule has 0 bridgehead atoms. The van der Waals surface area contributed by atoms with Gasteiger partial charge in [-0.15, -0.1) is 0 Å². The van der Waals surface area contributed by atoms with Crippen molar-refractivity contribution < 1.29 is 17.6 Å². The topological polar surface area (TPSA) is 66.5 Å². The SMILES string of the molecule is Cc1ccc(N2CCCS2(=O)=O)cc1NC(=O)Cc1ccc(F)cc1. The van der Waals surface area contributed by atoms with Crippen LogP contribution in [0.3, 0.4) is 0 Å². The highest BCUT2D eigenvalue weighted by molar-refractivity contribution is 7.93. The smallest absolute Gasteiger partial charge is 0.235 e. The number of nitrogens with one attached hydrogen (secondary N) is 1. The molecule has 1 N–H and O–H groups in total. The van der Waals surface area contributed by atoms with Gasteiger partial charge in [-0.25, -0.2) is 12.8 Å². The maximum atomic E-state index is 12.9. The molecule has 0 spiro atoms. The van der Waals surface area contributed by atoms with E-state index in [-0.39, 0.29) is 23.9 Å². The minimum atomic E-state index is -3.27. The van der Waals surface area contributed by atoms with Gasteiger partial charge in [-0.05, 0) is 48.7 Å². The number of benzene rings is 2. The monoisotopic (exact) mass is 362 g/mol. The molecule has 1 aliphatic heterocycles. The lowest BCUT2D eigenvalue weighted by Crippen LogP contribution is -2.25. The van der Waals surface area contributed by atoms with E-state index in [0.717, 1.165) is 5.56 Å². The van der Waals surface area contributed by atoms with E-state index in [9.17, 15) is 17.6 Å². The lowest BCUT2D eigenvalue weighted by atomic mass is 10.1. The first-order valence-corrected chi connectivity index (χ1v) is 9.61. The molecule has 1 heterocycles. The molecule has 132 valence electrons. The molecule has 7 heteroatoms. The molecular weight excluding hydrogens is 343 g/mol. The molecule has 2 aromatic carbocycles. The van der Waals surface area contributed by atoms with Crippen molar-refractivity contribution in [1.82, 2.24) is 0 Å². The molecule has 0 aromatic heterocycles. The molecule has 1 saturated heterocycles. The average molecular weight is 362 g/mol. The van der Waals surface area contributed by atoms with E-state index >= 15 is 0 Å². The molecule has 1 fully saturated rings. The number of amides is 1. The van der Waals surface area contributed by atoms with Gasteiger partial charge in [-0.2, -0.15) is 0 Å². The Kier molecular flexibility index (Phi) is 4.76. The molecule has 0 radical (unpaired) electrons. The summed E-state index contributed by atoms with van der Waals surface area (Å²) in [5.41, 5.74) is 2.68. The van der Waals surface area contributed by atoms with E-state index in [4.69, 9.17) is 0 Å². The van der Waals surface area contributed by atoms with E-state index in [1.165, 1.54) is 16.4 Å². The Bertz CT molecular complexity index is 895. The Balaban J connectivity index is 1.76. The Labute approximate surface area is 146 Å². The van der Waals surface area contributed by atoms with Crippen LogP contribution < -0.4 is 9.62 Å². The molecule has 0 aliphatic carbocycles. The van der Waals surface area contributed by atoms with Crippen LogP contribution in [-0.4, -0.2) is 26.6 Å². The number of carbonyl (C=O) groups is 1. The molecule has 2 aromatic rings. The molecule has 1 amide bonds. The maximum Gasteiger partial charge on any atom is 0.235 e. The van der Waals surface area contributed by atoms with Crippen molar-refractivity contribution in [1.29, 1.82) is 0 Å². The highest BCUT2D eigenvalue weighted by atomic mass is 32.2. The van der Waals surface area contributed by atoms with Gasteiger partial charge in [-0.3, -0.25) is 9.10 Å². The second-order valence-corrected chi connectivity index (χ2v) is 8.11. The molecule has 0 unspecified atom stereocenters. The summed E-state index contributed by atoms with van der Waals surface area (Å²) < 4.78 is 38.4. The summed E-state index contributed by atoms with van der Waals surface area (Å²) in [6, 6.07) is 11.0. The van der Waals surface area contributed by atoms with Crippen LogP contribution in [-0.2, 0) is 21.2 Å². The van der Waals surface area contributed by atoms with Gasteiger partial charge in [0, 0.05) is 12.2 Å². The zero-order chi connectivity index (χ0) is 18.0. The number of carbonyl (C=O) groups excluding carboxylic acids is 1. The predicted molar refractivity (Wildman–Crippen MR) is 95.7 cm³/mol. The van der Waals surface area contributed by atoms with Crippen molar-refractivity contribution >= 4 is 27.3 Å². The zero-order valence-corrected chi connectivity index (χ0v) is 14.6.